The molecule has 1 aliphatic rings. The average molecular weight is 475 g/mol. The number of Topliss-reactive ketones (excluding diaryl/α,β-unsaturated/α-hetero) is 1. The van der Waals surface area contributed by atoms with Crippen LogP contribution in [0.15, 0.2) is 24.3 Å². The predicted octanol–water partition coefficient (Wildman–Crippen LogP) is 2.47. The predicted molar refractivity (Wildman–Crippen MR) is 127 cm³/mol. The van der Waals surface area contributed by atoms with Gasteiger partial charge in [0, 0.05) is 19.9 Å². The lowest BCUT2D eigenvalue weighted by Gasteiger charge is -2.29. The molecule has 0 saturated carbocycles. The number of likely N-dealkylation sites (N-methyl/N-ethyl adjacent to an activating group) is 1. The molecule has 4 amide bonds. The van der Waals surface area contributed by atoms with Gasteiger partial charge in [-0.3, -0.25) is 19.3 Å². The van der Waals surface area contributed by atoms with Crippen molar-refractivity contribution in [3.05, 3.63) is 24.3 Å². The number of anilines is 2. The molecule has 0 spiro atoms. The van der Waals surface area contributed by atoms with Crippen LogP contribution in [0.1, 0.15) is 53.9 Å². The molecule has 0 aliphatic carbocycles. The van der Waals surface area contributed by atoms with Gasteiger partial charge < -0.3 is 25.1 Å². The van der Waals surface area contributed by atoms with Crippen molar-refractivity contribution in [2.24, 2.45) is 0 Å². The highest BCUT2D eigenvalue weighted by Crippen LogP contribution is 2.29. The van der Waals surface area contributed by atoms with Gasteiger partial charge in [-0.15, -0.1) is 0 Å². The lowest BCUT2D eigenvalue weighted by atomic mass is 10.1. The van der Waals surface area contributed by atoms with Crippen LogP contribution in [0.5, 0.6) is 0 Å². The average Bonchev–Trinajstić information content (AvgIpc) is 2.87. The van der Waals surface area contributed by atoms with Gasteiger partial charge in [0.2, 0.25) is 17.7 Å². The second-order valence-electron chi connectivity index (χ2n) is 9.39. The van der Waals surface area contributed by atoms with E-state index < -0.39 is 35.6 Å². The van der Waals surface area contributed by atoms with Crippen molar-refractivity contribution in [1.82, 2.24) is 10.2 Å². The van der Waals surface area contributed by atoms with E-state index in [0.717, 1.165) is 4.90 Å². The molecule has 186 valence electrons. The highest BCUT2D eigenvalue weighted by molar-refractivity contribution is 6.07. The first kappa shape index (κ1) is 26.8. The molecule has 0 radical (unpaired) electrons. The monoisotopic (exact) mass is 474 g/mol. The van der Waals surface area contributed by atoms with Gasteiger partial charge in [0.1, 0.15) is 23.5 Å². The summed E-state index contributed by atoms with van der Waals surface area (Å²) in [5, 5.41) is 5.40. The lowest BCUT2D eigenvalue weighted by molar-refractivity contribution is -0.129. The third kappa shape index (κ3) is 7.29. The number of carbonyl (C=O) groups excluding carboxylic acids is 5. The maximum Gasteiger partial charge on any atom is 0.410 e. The minimum atomic E-state index is -1.05. The number of para-hydroxylation sites is 2. The van der Waals surface area contributed by atoms with Gasteiger partial charge in [0.05, 0.1) is 17.9 Å². The Hall–Kier alpha value is -3.43. The SMILES string of the molecule is CC(=O)CCCC(=O)N1C[C@H](NC(=O)[C@H](C)N(C)C(=O)OC(C)(C)C)C(=O)Nc2ccccc21. The lowest BCUT2D eigenvalue weighted by Crippen LogP contribution is -2.55. The number of rotatable bonds is 7. The van der Waals surface area contributed by atoms with Crippen LogP contribution in [0.2, 0.25) is 0 Å². The molecule has 0 saturated heterocycles. The van der Waals surface area contributed by atoms with Crippen LogP contribution in [0.3, 0.4) is 0 Å². The number of hydrogen-bond donors (Lipinski definition) is 2. The molecule has 0 fully saturated rings. The number of nitrogens with one attached hydrogen (secondary N) is 2. The minimum absolute atomic E-state index is 0.00542. The summed E-state index contributed by atoms with van der Waals surface area (Å²) in [6, 6.07) is 4.89. The van der Waals surface area contributed by atoms with Gasteiger partial charge >= 0.3 is 6.09 Å². The molecule has 0 aromatic heterocycles. The summed E-state index contributed by atoms with van der Waals surface area (Å²) in [4.78, 5) is 64.9. The van der Waals surface area contributed by atoms with E-state index in [-0.39, 0.29) is 31.1 Å². The van der Waals surface area contributed by atoms with Crippen LogP contribution in [0.4, 0.5) is 16.2 Å². The quantitative estimate of drug-likeness (QED) is 0.625. The molecule has 0 bridgehead atoms. The number of benzene rings is 1. The van der Waals surface area contributed by atoms with Crippen LogP contribution in [0, 0.1) is 0 Å². The third-order valence-corrected chi connectivity index (χ3v) is 5.31. The molecule has 2 N–H and O–H groups in total. The van der Waals surface area contributed by atoms with Gasteiger partial charge in [0.15, 0.2) is 0 Å². The van der Waals surface area contributed by atoms with E-state index in [9.17, 15) is 24.0 Å². The van der Waals surface area contributed by atoms with E-state index in [2.05, 4.69) is 10.6 Å². The van der Waals surface area contributed by atoms with Gasteiger partial charge in [-0.2, -0.15) is 0 Å². The summed E-state index contributed by atoms with van der Waals surface area (Å²) in [5.74, 6) is -1.31. The van der Waals surface area contributed by atoms with Crippen molar-refractivity contribution >= 4 is 41.0 Å². The highest BCUT2D eigenvalue weighted by Gasteiger charge is 2.34. The molecule has 1 aliphatic heterocycles. The zero-order valence-electron chi connectivity index (χ0n) is 20.6. The highest BCUT2D eigenvalue weighted by atomic mass is 16.6. The van der Waals surface area contributed by atoms with Crippen molar-refractivity contribution in [2.45, 2.75) is 71.6 Å². The Bertz CT molecular complexity index is 955. The number of hydrogen-bond acceptors (Lipinski definition) is 6. The molecule has 1 aromatic rings. The molecule has 34 heavy (non-hydrogen) atoms. The van der Waals surface area contributed by atoms with Crippen molar-refractivity contribution in [1.29, 1.82) is 0 Å². The van der Waals surface area contributed by atoms with E-state index in [0.29, 0.717) is 17.8 Å². The van der Waals surface area contributed by atoms with Gasteiger partial charge in [0.25, 0.3) is 0 Å². The summed E-state index contributed by atoms with van der Waals surface area (Å²) >= 11 is 0. The Balaban J connectivity index is 2.18. The number of amides is 4. The summed E-state index contributed by atoms with van der Waals surface area (Å²) in [6.07, 6.45) is 0.131. The standard InChI is InChI=1S/C24H34N4O6/c1-15(29)10-9-13-20(30)28-14-18(22(32)25-17-11-7-8-12-19(17)28)26-21(31)16(2)27(6)23(33)34-24(3,4)5/h7-8,11-12,16,18H,9-10,13-14H2,1-6H3,(H,25,32)(H,26,31)/t16-,18-/m0/s1. The van der Waals surface area contributed by atoms with Crippen molar-refractivity contribution < 1.29 is 28.7 Å². The number of nitrogens with zero attached hydrogens (tertiary/aromatic N) is 2. The molecule has 2 atom stereocenters. The topological polar surface area (TPSA) is 125 Å². The zero-order valence-corrected chi connectivity index (χ0v) is 20.6. The van der Waals surface area contributed by atoms with Crippen LogP contribution >= 0.6 is 0 Å². The van der Waals surface area contributed by atoms with E-state index in [1.165, 1.54) is 25.8 Å². The van der Waals surface area contributed by atoms with Crippen LogP contribution < -0.4 is 15.5 Å². The van der Waals surface area contributed by atoms with Crippen molar-refractivity contribution in [2.75, 3.05) is 23.8 Å². The van der Waals surface area contributed by atoms with Gasteiger partial charge in [-0.05, 0) is 53.2 Å². The first-order valence-corrected chi connectivity index (χ1v) is 11.3. The Labute approximate surface area is 200 Å². The second kappa shape index (κ2) is 11.1. The number of carbonyl (C=O) groups is 5. The molecule has 2 rings (SSSR count). The Kier molecular flexibility index (Phi) is 8.78. The molecule has 10 nitrogen and oxygen atoms in total. The molecule has 1 heterocycles. The first-order valence-electron chi connectivity index (χ1n) is 11.3. The van der Waals surface area contributed by atoms with E-state index >= 15 is 0 Å². The van der Waals surface area contributed by atoms with E-state index in [1.807, 2.05) is 0 Å². The van der Waals surface area contributed by atoms with E-state index in [1.54, 1.807) is 45.0 Å². The molecule has 10 heteroatoms. The van der Waals surface area contributed by atoms with Crippen LogP contribution in [0.25, 0.3) is 0 Å². The van der Waals surface area contributed by atoms with Crippen LogP contribution in [-0.4, -0.2) is 65.8 Å². The summed E-state index contributed by atoms with van der Waals surface area (Å²) < 4.78 is 5.30. The third-order valence-electron chi connectivity index (χ3n) is 5.31. The Morgan fingerprint density at radius 1 is 1.21 bits per heavy atom. The molecule has 1 aromatic carbocycles. The number of fused-ring (bicyclic) bond motifs is 1. The Morgan fingerprint density at radius 3 is 2.47 bits per heavy atom. The smallest absolute Gasteiger partial charge is 0.410 e. The fourth-order valence-corrected chi connectivity index (χ4v) is 3.33. The summed E-state index contributed by atoms with van der Waals surface area (Å²) in [5.41, 5.74) is 0.236. The number of ketones is 1. The summed E-state index contributed by atoms with van der Waals surface area (Å²) in [6.45, 7) is 8.07. The molecular weight excluding hydrogens is 440 g/mol. The minimum Gasteiger partial charge on any atom is -0.444 e. The molecule has 0 unspecified atom stereocenters. The van der Waals surface area contributed by atoms with Crippen molar-refractivity contribution in [3.63, 3.8) is 0 Å². The van der Waals surface area contributed by atoms with Gasteiger partial charge in [-0.1, -0.05) is 12.1 Å². The Morgan fingerprint density at radius 2 is 1.85 bits per heavy atom. The summed E-state index contributed by atoms with van der Waals surface area (Å²) in [7, 11) is 1.44. The fourth-order valence-electron chi connectivity index (χ4n) is 3.33. The first-order chi connectivity index (χ1) is 15.8. The molecular formula is C24H34N4O6. The normalized spacial score (nSPS) is 16.5. The maximum absolute atomic E-state index is 13.0. The van der Waals surface area contributed by atoms with E-state index in [4.69, 9.17) is 4.74 Å². The fraction of sp³-hybridized carbons (Fsp3) is 0.542. The van der Waals surface area contributed by atoms with Crippen LogP contribution in [-0.2, 0) is 23.9 Å². The number of ether oxygens (including phenoxy) is 1. The largest absolute Gasteiger partial charge is 0.444 e. The maximum atomic E-state index is 13.0. The van der Waals surface area contributed by atoms with Crippen molar-refractivity contribution in [3.8, 4) is 0 Å². The van der Waals surface area contributed by atoms with Gasteiger partial charge in [-0.25, -0.2) is 4.79 Å². The second-order valence-corrected chi connectivity index (χ2v) is 9.39. The zero-order chi connectivity index (χ0) is 25.6.